The summed E-state index contributed by atoms with van der Waals surface area (Å²) in [4.78, 5) is 14.9. The van der Waals surface area contributed by atoms with Crippen molar-refractivity contribution < 1.29 is 13.2 Å². The number of amides is 1. The van der Waals surface area contributed by atoms with Gasteiger partial charge in [0.1, 0.15) is 0 Å². The molecule has 0 aliphatic heterocycles. The Labute approximate surface area is 148 Å². The standard InChI is InChI=1S/C14H14Cl2N2O3S2/c1-17-23(20,21)10-4-5-12(15)11(7-10)14(19)18(2)8-9-3-6-13(16)22-9/h3-7,17H,8H2,1-2H3. The molecule has 2 aromatic rings. The van der Waals surface area contributed by atoms with Crippen molar-refractivity contribution in [2.45, 2.75) is 11.4 Å². The average Bonchev–Trinajstić information content (AvgIpc) is 2.91. The van der Waals surface area contributed by atoms with Crippen molar-refractivity contribution in [3.05, 3.63) is 50.1 Å². The number of nitrogens with one attached hydrogen (secondary N) is 1. The third-order valence-corrected chi connectivity index (χ3v) is 6.07. The predicted octanol–water partition coefficient (Wildman–Crippen LogP) is 3.24. The van der Waals surface area contributed by atoms with Crippen LogP contribution in [0.5, 0.6) is 0 Å². The number of thiophene rings is 1. The van der Waals surface area contributed by atoms with E-state index in [-0.39, 0.29) is 21.4 Å². The van der Waals surface area contributed by atoms with Gasteiger partial charge >= 0.3 is 0 Å². The Bertz CT molecular complexity index is 834. The van der Waals surface area contributed by atoms with Crippen LogP contribution in [0.25, 0.3) is 0 Å². The lowest BCUT2D eigenvalue weighted by Crippen LogP contribution is -2.26. The zero-order valence-electron chi connectivity index (χ0n) is 12.3. The maximum Gasteiger partial charge on any atom is 0.255 e. The number of halogens is 2. The zero-order valence-corrected chi connectivity index (χ0v) is 15.5. The Kier molecular flexibility index (Phi) is 5.70. The number of benzene rings is 1. The summed E-state index contributed by atoms with van der Waals surface area (Å²) < 4.78 is 26.6. The number of sulfonamides is 1. The first-order valence-corrected chi connectivity index (χ1v) is 9.53. The average molecular weight is 393 g/mol. The maximum atomic E-state index is 12.5. The van der Waals surface area contributed by atoms with E-state index in [1.807, 2.05) is 6.07 Å². The van der Waals surface area contributed by atoms with Crippen LogP contribution in [0.2, 0.25) is 9.36 Å². The van der Waals surface area contributed by atoms with E-state index in [1.165, 1.54) is 41.5 Å². The van der Waals surface area contributed by atoms with Crippen molar-refractivity contribution in [1.82, 2.24) is 9.62 Å². The lowest BCUT2D eigenvalue weighted by molar-refractivity contribution is 0.0786. The summed E-state index contributed by atoms with van der Waals surface area (Å²) in [5.74, 6) is -0.368. The molecule has 0 aliphatic carbocycles. The van der Waals surface area contributed by atoms with E-state index in [0.717, 1.165) is 4.88 Å². The van der Waals surface area contributed by atoms with E-state index in [4.69, 9.17) is 23.2 Å². The summed E-state index contributed by atoms with van der Waals surface area (Å²) >= 11 is 13.3. The summed E-state index contributed by atoms with van der Waals surface area (Å²) in [7, 11) is -0.727. The van der Waals surface area contributed by atoms with Gasteiger partial charge in [0.25, 0.3) is 5.91 Å². The molecule has 5 nitrogen and oxygen atoms in total. The highest BCUT2D eigenvalue weighted by molar-refractivity contribution is 7.89. The molecule has 1 N–H and O–H groups in total. The van der Waals surface area contributed by atoms with Gasteiger partial charge < -0.3 is 4.90 Å². The molecular formula is C14H14Cl2N2O3S2. The maximum absolute atomic E-state index is 12.5. The van der Waals surface area contributed by atoms with Gasteiger partial charge in [-0.2, -0.15) is 0 Å². The molecule has 0 saturated carbocycles. The Morgan fingerprint density at radius 1 is 1.26 bits per heavy atom. The van der Waals surface area contributed by atoms with E-state index >= 15 is 0 Å². The van der Waals surface area contributed by atoms with Crippen LogP contribution < -0.4 is 4.72 Å². The van der Waals surface area contributed by atoms with Crippen molar-refractivity contribution >= 4 is 50.5 Å². The van der Waals surface area contributed by atoms with Crippen LogP contribution in [-0.2, 0) is 16.6 Å². The van der Waals surface area contributed by atoms with E-state index < -0.39 is 10.0 Å². The second-order valence-electron chi connectivity index (χ2n) is 4.72. The predicted molar refractivity (Wildman–Crippen MR) is 92.8 cm³/mol. The first-order chi connectivity index (χ1) is 10.7. The van der Waals surface area contributed by atoms with Crippen LogP contribution in [0.3, 0.4) is 0 Å². The fourth-order valence-electron chi connectivity index (χ4n) is 1.90. The first kappa shape index (κ1) is 18.2. The smallest absolute Gasteiger partial charge is 0.255 e. The highest BCUT2D eigenvalue weighted by Crippen LogP contribution is 2.25. The molecule has 2 rings (SSSR count). The summed E-state index contributed by atoms with van der Waals surface area (Å²) in [5, 5.41) is 0.195. The van der Waals surface area contributed by atoms with E-state index in [2.05, 4.69) is 4.72 Å². The van der Waals surface area contributed by atoms with Gasteiger partial charge in [-0.1, -0.05) is 23.2 Å². The van der Waals surface area contributed by atoms with E-state index in [0.29, 0.717) is 10.9 Å². The first-order valence-electron chi connectivity index (χ1n) is 6.47. The van der Waals surface area contributed by atoms with Crippen LogP contribution in [0, 0.1) is 0 Å². The van der Waals surface area contributed by atoms with Crippen molar-refractivity contribution in [3.8, 4) is 0 Å². The molecule has 0 fully saturated rings. The molecular weight excluding hydrogens is 379 g/mol. The van der Waals surface area contributed by atoms with Crippen LogP contribution in [0.15, 0.2) is 35.2 Å². The molecule has 0 radical (unpaired) electrons. The number of hydrogen-bond acceptors (Lipinski definition) is 4. The molecule has 1 amide bonds. The van der Waals surface area contributed by atoms with Crippen molar-refractivity contribution in [2.75, 3.05) is 14.1 Å². The molecule has 0 spiro atoms. The zero-order chi connectivity index (χ0) is 17.2. The van der Waals surface area contributed by atoms with Crippen molar-refractivity contribution in [3.63, 3.8) is 0 Å². The lowest BCUT2D eigenvalue weighted by atomic mass is 10.2. The molecule has 1 aromatic carbocycles. The summed E-state index contributed by atoms with van der Waals surface area (Å²) in [6.07, 6.45) is 0. The number of carbonyl (C=O) groups is 1. The van der Waals surface area contributed by atoms with Crippen LogP contribution >= 0.6 is 34.5 Å². The Morgan fingerprint density at radius 2 is 1.96 bits per heavy atom. The minimum absolute atomic E-state index is 0.0136. The van der Waals surface area contributed by atoms with E-state index in [1.54, 1.807) is 13.1 Å². The van der Waals surface area contributed by atoms with Crippen LogP contribution in [0.4, 0.5) is 0 Å². The SMILES string of the molecule is CNS(=O)(=O)c1ccc(Cl)c(C(=O)N(C)Cc2ccc(Cl)s2)c1. The molecule has 23 heavy (non-hydrogen) atoms. The normalized spacial score (nSPS) is 11.5. The van der Waals surface area contributed by atoms with Gasteiger partial charge in [0.15, 0.2) is 0 Å². The fraction of sp³-hybridized carbons (Fsp3) is 0.214. The quantitative estimate of drug-likeness (QED) is 0.848. The summed E-state index contributed by atoms with van der Waals surface area (Å²) in [6, 6.07) is 7.61. The topological polar surface area (TPSA) is 66.5 Å². The van der Waals surface area contributed by atoms with Crippen LogP contribution in [0.1, 0.15) is 15.2 Å². The van der Waals surface area contributed by atoms with Gasteiger partial charge in [-0.05, 0) is 37.4 Å². The number of carbonyl (C=O) groups excluding carboxylic acids is 1. The van der Waals surface area contributed by atoms with Crippen LogP contribution in [-0.4, -0.2) is 33.3 Å². The lowest BCUT2D eigenvalue weighted by Gasteiger charge is -2.17. The number of nitrogens with zero attached hydrogens (tertiary/aromatic N) is 1. The second kappa shape index (κ2) is 7.19. The minimum atomic E-state index is -3.65. The molecule has 0 unspecified atom stereocenters. The minimum Gasteiger partial charge on any atom is -0.337 e. The number of hydrogen-bond donors (Lipinski definition) is 1. The largest absolute Gasteiger partial charge is 0.337 e. The summed E-state index contributed by atoms with van der Waals surface area (Å²) in [6.45, 7) is 0.357. The van der Waals surface area contributed by atoms with Crippen molar-refractivity contribution in [1.29, 1.82) is 0 Å². The fourth-order valence-corrected chi connectivity index (χ4v) is 4.00. The van der Waals surface area contributed by atoms with Gasteiger partial charge in [-0.3, -0.25) is 4.79 Å². The number of rotatable bonds is 5. The Hall–Kier alpha value is -1.12. The van der Waals surface area contributed by atoms with Crippen molar-refractivity contribution in [2.24, 2.45) is 0 Å². The molecule has 0 aliphatic rings. The Morgan fingerprint density at radius 3 is 2.52 bits per heavy atom. The van der Waals surface area contributed by atoms with Gasteiger partial charge in [0.2, 0.25) is 10.0 Å². The highest BCUT2D eigenvalue weighted by atomic mass is 35.5. The van der Waals surface area contributed by atoms with Gasteiger partial charge in [0.05, 0.1) is 26.4 Å². The Balaban J connectivity index is 2.29. The summed E-state index contributed by atoms with van der Waals surface area (Å²) in [5.41, 5.74) is 0.133. The molecule has 124 valence electrons. The second-order valence-corrected chi connectivity index (χ2v) is 8.81. The van der Waals surface area contributed by atoms with E-state index in [9.17, 15) is 13.2 Å². The third kappa shape index (κ3) is 4.24. The van der Waals surface area contributed by atoms with Gasteiger partial charge in [-0.15, -0.1) is 11.3 Å². The molecule has 1 aromatic heterocycles. The monoisotopic (exact) mass is 392 g/mol. The molecule has 1 heterocycles. The third-order valence-electron chi connectivity index (χ3n) is 3.12. The molecule has 0 bridgehead atoms. The molecule has 0 saturated heterocycles. The highest BCUT2D eigenvalue weighted by Gasteiger charge is 2.20. The van der Waals surface area contributed by atoms with Gasteiger partial charge in [0, 0.05) is 11.9 Å². The molecule has 9 heteroatoms. The van der Waals surface area contributed by atoms with Gasteiger partial charge in [-0.25, -0.2) is 13.1 Å². The molecule has 0 atom stereocenters.